The Hall–Kier alpha value is -1.55. The number of amides is 1. The van der Waals surface area contributed by atoms with Gasteiger partial charge in [0.05, 0.1) is 5.54 Å². The lowest BCUT2D eigenvalue weighted by Gasteiger charge is -2.29. The van der Waals surface area contributed by atoms with Crippen LogP contribution in [0.4, 0.5) is 4.79 Å². The number of hydrogen-bond donors (Lipinski definition) is 3. The molecule has 3 N–H and O–H groups in total. The molecule has 1 aromatic carbocycles. The van der Waals surface area contributed by atoms with Gasteiger partial charge in [-0.2, -0.15) is 0 Å². The van der Waals surface area contributed by atoms with Gasteiger partial charge in [-0.05, 0) is 59.8 Å². The fourth-order valence-electron chi connectivity index (χ4n) is 2.55. The minimum Gasteiger partial charge on any atom is -0.444 e. The molecule has 0 aromatic heterocycles. The van der Waals surface area contributed by atoms with E-state index in [0.717, 1.165) is 6.54 Å². The van der Waals surface area contributed by atoms with E-state index in [-0.39, 0.29) is 24.0 Å². The Bertz CT molecular complexity index is 669. The van der Waals surface area contributed by atoms with Crippen LogP contribution in [0.5, 0.6) is 0 Å². The van der Waals surface area contributed by atoms with Crippen molar-refractivity contribution in [2.45, 2.75) is 58.8 Å². The fraction of sp³-hybridized carbons (Fsp3) is 0.619. The summed E-state index contributed by atoms with van der Waals surface area (Å²) in [6, 6.07) is 8.36. The quantitative estimate of drug-likeness (QED) is 0.293. The van der Waals surface area contributed by atoms with E-state index < -0.39 is 17.2 Å². The van der Waals surface area contributed by atoms with Gasteiger partial charge in [-0.25, -0.2) is 4.79 Å². The Balaban J connectivity index is 0.00000784. The Morgan fingerprint density at radius 2 is 1.66 bits per heavy atom. The van der Waals surface area contributed by atoms with E-state index in [1.807, 2.05) is 40.7 Å². The lowest BCUT2D eigenvalue weighted by atomic mass is 10.1. The molecule has 0 aliphatic rings. The van der Waals surface area contributed by atoms with Crippen LogP contribution in [0.15, 0.2) is 29.3 Å². The van der Waals surface area contributed by atoms with Gasteiger partial charge in [-0.1, -0.05) is 24.3 Å². The molecule has 0 unspecified atom stereocenters. The molecule has 7 nitrogen and oxygen atoms in total. The molecule has 1 amide bonds. The normalized spacial score (nSPS) is 12.2. The van der Waals surface area contributed by atoms with Crippen LogP contribution in [0.25, 0.3) is 0 Å². The van der Waals surface area contributed by atoms with Gasteiger partial charge in [0.15, 0.2) is 5.96 Å². The predicted molar refractivity (Wildman–Crippen MR) is 131 cm³/mol. The van der Waals surface area contributed by atoms with Crippen LogP contribution in [0.2, 0.25) is 0 Å². The summed E-state index contributed by atoms with van der Waals surface area (Å²) in [6.07, 6.45) is -0.431. The number of carbonyl (C=O) groups excluding carboxylic acids is 1. The first-order valence-corrected chi connectivity index (χ1v) is 9.59. The highest BCUT2D eigenvalue weighted by Crippen LogP contribution is 2.11. The van der Waals surface area contributed by atoms with Crippen molar-refractivity contribution in [3.05, 3.63) is 35.4 Å². The first-order chi connectivity index (χ1) is 12.9. The topological polar surface area (TPSA) is 78.0 Å². The van der Waals surface area contributed by atoms with Crippen LogP contribution in [0.1, 0.15) is 45.7 Å². The van der Waals surface area contributed by atoms with Gasteiger partial charge in [-0.3, -0.25) is 4.99 Å². The number of hydrogen-bond acceptors (Lipinski definition) is 4. The first kappa shape index (κ1) is 27.5. The number of guanidine groups is 1. The molecule has 0 aliphatic carbocycles. The van der Waals surface area contributed by atoms with Crippen molar-refractivity contribution in [2.24, 2.45) is 4.99 Å². The molecule has 0 spiro atoms. The standard InChI is InChI=1S/C21H37N5O2.HI/c1-20(2,3)28-19(27)25-21(4,5)15-24-18(22-6)23-13-16-11-9-10-12-17(16)14-26(7)8;/h9-12H,13-15H2,1-8H3,(H,25,27)(H2,22,23,24);1H. The molecule has 0 saturated heterocycles. The van der Waals surface area contributed by atoms with E-state index in [1.54, 1.807) is 7.05 Å². The van der Waals surface area contributed by atoms with E-state index in [9.17, 15) is 4.79 Å². The molecule has 29 heavy (non-hydrogen) atoms. The number of carbonyl (C=O) groups is 1. The number of rotatable bonds is 7. The first-order valence-electron chi connectivity index (χ1n) is 9.59. The molecule has 0 aliphatic heterocycles. The van der Waals surface area contributed by atoms with Gasteiger partial charge in [-0.15, -0.1) is 24.0 Å². The summed E-state index contributed by atoms with van der Waals surface area (Å²) in [7, 11) is 5.85. The van der Waals surface area contributed by atoms with Crippen molar-refractivity contribution < 1.29 is 9.53 Å². The monoisotopic (exact) mass is 519 g/mol. The molecule has 1 aromatic rings. The highest BCUT2D eigenvalue weighted by atomic mass is 127. The highest BCUT2D eigenvalue weighted by molar-refractivity contribution is 14.0. The summed E-state index contributed by atoms with van der Waals surface area (Å²) in [5, 5.41) is 9.49. The Morgan fingerprint density at radius 3 is 2.17 bits per heavy atom. The average molecular weight is 519 g/mol. The molecule has 0 saturated carbocycles. The second kappa shape index (κ2) is 12.2. The second-order valence-electron chi connectivity index (χ2n) is 8.80. The molecule has 0 bridgehead atoms. The van der Waals surface area contributed by atoms with Crippen LogP contribution in [0, 0.1) is 0 Å². The van der Waals surface area contributed by atoms with Gasteiger partial charge >= 0.3 is 6.09 Å². The zero-order valence-corrected chi connectivity index (χ0v) is 21.4. The molecular weight excluding hydrogens is 481 g/mol. The molecular formula is C21H38IN5O2. The number of alkyl carbamates (subject to hydrolysis) is 1. The fourth-order valence-corrected chi connectivity index (χ4v) is 2.55. The van der Waals surface area contributed by atoms with Gasteiger partial charge in [0.2, 0.25) is 0 Å². The maximum Gasteiger partial charge on any atom is 0.408 e. The van der Waals surface area contributed by atoms with E-state index in [0.29, 0.717) is 19.0 Å². The molecule has 0 fully saturated rings. The van der Waals surface area contributed by atoms with Crippen LogP contribution >= 0.6 is 24.0 Å². The van der Waals surface area contributed by atoms with Gasteiger partial charge in [0.1, 0.15) is 5.60 Å². The lowest BCUT2D eigenvalue weighted by molar-refractivity contribution is 0.0474. The third-order valence-corrected chi connectivity index (χ3v) is 3.81. The van der Waals surface area contributed by atoms with Crippen LogP contribution < -0.4 is 16.0 Å². The maximum atomic E-state index is 12.0. The molecule has 0 heterocycles. The summed E-state index contributed by atoms with van der Waals surface area (Å²) < 4.78 is 5.33. The SMILES string of the molecule is CN=C(NCc1ccccc1CN(C)C)NCC(C)(C)NC(=O)OC(C)(C)C.I. The Kier molecular flexibility index (Phi) is 11.6. The van der Waals surface area contributed by atoms with Crippen molar-refractivity contribution in [3.63, 3.8) is 0 Å². The number of benzene rings is 1. The van der Waals surface area contributed by atoms with E-state index in [4.69, 9.17) is 4.74 Å². The maximum absolute atomic E-state index is 12.0. The van der Waals surface area contributed by atoms with Crippen molar-refractivity contribution >= 4 is 36.0 Å². The molecule has 0 atom stereocenters. The summed E-state index contributed by atoms with van der Waals surface area (Å²) in [5.41, 5.74) is 1.49. The minimum atomic E-state index is -0.523. The summed E-state index contributed by atoms with van der Waals surface area (Å²) in [6.45, 7) is 11.5. The average Bonchev–Trinajstić information content (AvgIpc) is 2.53. The number of ether oxygens (including phenoxy) is 1. The predicted octanol–water partition coefficient (Wildman–Crippen LogP) is 3.33. The Morgan fingerprint density at radius 1 is 1.07 bits per heavy atom. The lowest BCUT2D eigenvalue weighted by Crippen LogP contribution is -2.54. The van der Waals surface area contributed by atoms with Crippen molar-refractivity contribution in [3.8, 4) is 0 Å². The largest absolute Gasteiger partial charge is 0.444 e. The molecule has 166 valence electrons. The summed E-state index contributed by atoms with van der Waals surface area (Å²) in [4.78, 5) is 18.4. The third-order valence-electron chi connectivity index (χ3n) is 3.81. The minimum absolute atomic E-state index is 0. The molecule has 1 rings (SSSR count). The highest BCUT2D eigenvalue weighted by Gasteiger charge is 2.24. The third kappa shape index (κ3) is 11.9. The van der Waals surface area contributed by atoms with Crippen LogP contribution in [-0.2, 0) is 17.8 Å². The van der Waals surface area contributed by atoms with E-state index in [1.165, 1.54) is 11.1 Å². The summed E-state index contributed by atoms with van der Waals surface area (Å²) >= 11 is 0. The van der Waals surface area contributed by atoms with Crippen molar-refractivity contribution in [2.75, 3.05) is 27.7 Å². The molecule has 8 heteroatoms. The van der Waals surface area contributed by atoms with Gasteiger partial charge in [0.25, 0.3) is 0 Å². The second-order valence-corrected chi connectivity index (χ2v) is 8.80. The van der Waals surface area contributed by atoms with Crippen LogP contribution in [0.3, 0.4) is 0 Å². The Labute approximate surface area is 193 Å². The smallest absolute Gasteiger partial charge is 0.408 e. The van der Waals surface area contributed by atoms with Gasteiger partial charge in [0, 0.05) is 26.7 Å². The number of aliphatic imine (C=N–C) groups is 1. The zero-order chi connectivity index (χ0) is 21.4. The van der Waals surface area contributed by atoms with Crippen molar-refractivity contribution in [1.82, 2.24) is 20.9 Å². The number of nitrogens with one attached hydrogen (secondary N) is 3. The molecule has 0 radical (unpaired) electrons. The van der Waals surface area contributed by atoms with Crippen molar-refractivity contribution in [1.29, 1.82) is 0 Å². The summed E-state index contributed by atoms with van der Waals surface area (Å²) in [5.74, 6) is 0.679. The van der Waals surface area contributed by atoms with E-state index in [2.05, 4.69) is 58.1 Å². The number of halogens is 1. The zero-order valence-electron chi connectivity index (χ0n) is 19.0. The van der Waals surface area contributed by atoms with E-state index >= 15 is 0 Å². The van der Waals surface area contributed by atoms with Crippen LogP contribution in [-0.4, -0.2) is 55.8 Å². The van der Waals surface area contributed by atoms with Gasteiger partial charge < -0.3 is 25.6 Å². The number of nitrogens with zero attached hydrogens (tertiary/aromatic N) is 2.